The van der Waals surface area contributed by atoms with E-state index in [1.807, 2.05) is 0 Å². The lowest BCUT2D eigenvalue weighted by atomic mass is 10.2. The predicted octanol–water partition coefficient (Wildman–Crippen LogP) is 3.43. The van der Waals surface area contributed by atoms with Gasteiger partial charge in [-0.2, -0.15) is 0 Å². The number of aromatic nitrogens is 1. The predicted molar refractivity (Wildman–Crippen MR) is 85.5 cm³/mol. The number of halogens is 3. The Hall–Kier alpha value is -2.30. The van der Waals surface area contributed by atoms with Gasteiger partial charge in [0.2, 0.25) is 5.88 Å². The van der Waals surface area contributed by atoms with Crippen LogP contribution in [-0.4, -0.2) is 29.1 Å². The molecule has 0 saturated carbocycles. The van der Waals surface area contributed by atoms with Crippen LogP contribution in [0.15, 0.2) is 41.0 Å². The molecule has 0 saturated heterocycles. The lowest BCUT2D eigenvalue weighted by molar-refractivity contribution is 0.0780. The molecule has 0 aliphatic carbocycles. The molecular weight excluding hydrogens is 392 g/mol. The molecule has 2 rings (SSSR count). The van der Waals surface area contributed by atoms with E-state index < -0.39 is 24.2 Å². The minimum Gasteiger partial charge on any atom is -0.733 e. The lowest BCUT2D eigenvalue weighted by Gasteiger charge is -2.22. The molecule has 2 N–H and O–H groups in total. The van der Waals surface area contributed by atoms with Gasteiger partial charge in [-0.1, -0.05) is 15.9 Å². The van der Waals surface area contributed by atoms with Gasteiger partial charge in [0.1, 0.15) is 5.56 Å². The number of carbonyl (C=O) groups is 1. The molecule has 1 aromatic carbocycles. The van der Waals surface area contributed by atoms with E-state index in [2.05, 4.69) is 26.2 Å². The molecule has 0 unspecified atom stereocenters. The number of hydrogen-bond acceptors (Lipinski definition) is 6. The largest absolute Gasteiger partial charge is 0.733 e. The minimum absolute atomic E-state index is 0.272. The third kappa shape index (κ3) is 4.85. The minimum atomic E-state index is -2.76. The molecule has 7 nitrogen and oxygen atoms in total. The number of rotatable bonds is 6. The first-order valence-corrected chi connectivity index (χ1v) is 7.30. The zero-order valence-corrected chi connectivity index (χ0v) is 13.5. The number of pyridine rings is 1. The molecule has 24 heavy (non-hydrogen) atoms. The van der Waals surface area contributed by atoms with Gasteiger partial charge in [-0.25, -0.2) is 13.8 Å². The molecule has 2 aromatic rings. The summed E-state index contributed by atoms with van der Waals surface area (Å²) >= 11 is 3.25. The van der Waals surface area contributed by atoms with Crippen molar-refractivity contribution >= 4 is 33.2 Å². The van der Waals surface area contributed by atoms with E-state index in [4.69, 9.17) is 9.94 Å². The Labute approximate surface area is 143 Å². The van der Waals surface area contributed by atoms with Crippen molar-refractivity contribution < 1.29 is 23.5 Å². The summed E-state index contributed by atoms with van der Waals surface area (Å²) in [4.78, 5) is 15.9. The van der Waals surface area contributed by atoms with E-state index in [0.717, 1.165) is 16.7 Å². The van der Waals surface area contributed by atoms with Crippen molar-refractivity contribution in [2.75, 3.05) is 17.2 Å². The van der Waals surface area contributed by atoms with Crippen molar-refractivity contribution in [2.45, 2.75) is 6.43 Å². The summed E-state index contributed by atoms with van der Waals surface area (Å²) in [5, 5.41) is 21.8. The highest BCUT2D eigenvalue weighted by atomic mass is 79.9. The highest BCUT2D eigenvalue weighted by molar-refractivity contribution is 9.10. The summed E-state index contributed by atoms with van der Waals surface area (Å²) in [6.07, 6.45) is -1.87. The van der Waals surface area contributed by atoms with Crippen LogP contribution in [0.2, 0.25) is 0 Å². The fourth-order valence-electron chi connectivity index (χ4n) is 1.70. The van der Waals surface area contributed by atoms with Crippen LogP contribution in [0.3, 0.4) is 0 Å². The molecule has 0 bridgehead atoms. The number of anilines is 2. The summed E-state index contributed by atoms with van der Waals surface area (Å²) in [5.74, 6) is -1.12. The molecule has 0 aliphatic heterocycles. The zero-order valence-electron chi connectivity index (χ0n) is 11.9. The Balaban J connectivity index is 2.27. The maximum Gasteiger partial charge on any atom is 0.272 e. The average molecular weight is 403 g/mol. The van der Waals surface area contributed by atoms with Gasteiger partial charge < -0.3 is 20.5 Å². The number of carbonyl (C=O) groups excluding carboxylic acids is 1. The summed E-state index contributed by atoms with van der Waals surface area (Å²) in [6.45, 7) is -0.967. The fourth-order valence-corrected chi connectivity index (χ4v) is 1.96. The monoisotopic (exact) mass is 402 g/mol. The highest BCUT2D eigenvalue weighted by Crippen LogP contribution is 2.23. The van der Waals surface area contributed by atoms with Crippen LogP contribution in [-0.2, 0) is 0 Å². The quantitative estimate of drug-likeness (QED) is 0.718. The number of nitrogens with zero attached hydrogens (tertiary/aromatic N) is 2. The van der Waals surface area contributed by atoms with Gasteiger partial charge in [0.15, 0.2) is 6.61 Å². The number of alkyl halides is 2. The van der Waals surface area contributed by atoms with E-state index in [9.17, 15) is 18.8 Å². The van der Waals surface area contributed by atoms with Crippen molar-refractivity contribution in [1.29, 1.82) is 0 Å². The third-order valence-corrected chi connectivity index (χ3v) is 3.28. The Bertz CT molecular complexity index is 714. The van der Waals surface area contributed by atoms with Gasteiger partial charge >= 0.3 is 0 Å². The smallest absolute Gasteiger partial charge is 0.272 e. The van der Waals surface area contributed by atoms with Gasteiger partial charge in [0, 0.05) is 10.2 Å². The molecule has 10 heteroatoms. The van der Waals surface area contributed by atoms with Crippen molar-refractivity contribution in [3.63, 3.8) is 0 Å². The van der Waals surface area contributed by atoms with Gasteiger partial charge in [0.05, 0.1) is 11.9 Å². The van der Waals surface area contributed by atoms with Crippen LogP contribution < -0.4 is 15.3 Å². The molecule has 0 spiro atoms. The first-order chi connectivity index (χ1) is 11.4. The molecule has 0 aliphatic rings. The average Bonchev–Trinajstić information content (AvgIpc) is 2.54. The summed E-state index contributed by atoms with van der Waals surface area (Å²) in [7, 11) is 0. The summed E-state index contributed by atoms with van der Waals surface area (Å²) < 4.78 is 30.2. The van der Waals surface area contributed by atoms with Crippen LogP contribution in [0.1, 0.15) is 10.4 Å². The van der Waals surface area contributed by atoms with Gasteiger partial charge in [-0.05, 0) is 30.3 Å². The fraction of sp³-hybridized carbons (Fsp3) is 0.143. The number of amides is 1. The second-order valence-corrected chi connectivity index (χ2v) is 5.40. The van der Waals surface area contributed by atoms with Crippen LogP contribution in [0.25, 0.3) is 0 Å². The van der Waals surface area contributed by atoms with E-state index in [1.165, 1.54) is 0 Å². The molecule has 128 valence electrons. The maximum atomic E-state index is 12.3. The summed E-state index contributed by atoms with van der Waals surface area (Å²) in [6, 6.07) is 7.56. The first kappa shape index (κ1) is 18.0. The molecular formula is C14H11BrF2N3O4-. The Kier molecular flexibility index (Phi) is 6.01. The Morgan fingerprint density at radius 3 is 2.67 bits per heavy atom. The molecule has 1 aromatic heterocycles. The highest BCUT2D eigenvalue weighted by Gasteiger charge is 2.17. The van der Waals surface area contributed by atoms with E-state index in [0.29, 0.717) is 5.69 Å². The molecule has 1 heterocycles. The maximum absolute atomic E-state index is 12.3. The van der Waals surface area contributed by atoms with Crippen LogP contribution in [0.4, 0.5) is 20.2 Å². The third-order valence-electron chi connectivity index (χ3n) is 2.75. The van der Waals surface area contributed by atoms with Gasteiger partial charge in [0.25, 0.3) is 12.3 Å². The lowest BCUT2D eigenvalue weighted by Crippen LogP contribution is -2.18. The number of benzene rings is 1. The standard InChI is InChI=1S/C14H11BrF2N3O4/c15-8-1-3-9(4-2-8)19-13(21)11-5-10(20(22)23)6-18-14(11)24-7-12(16)17/h1-6,12,22H,7H2,(H,19,21)/q-1. The van der Waals surface area contributed by atoms with Crippen LogP contribution in [0, 0.1) is 5.21 Å². The van der Waals surface area contributed by atoms with E-state index in [1.54, 1.807) is 24.3 Å². The van der Waals surface area contributed by atoms with Crippen molar-refractivity contribution in [3.05, 3.63) is 51.8 Å². The molecule has 1 amide bonds. The van der Waals surface area contributed by atoms with Gasteiger partial charge in [-0.3, -0.25) is 10.0 Å². The number of ether oxygens (including phenoxy) is 1. The number of hydrogen-bond donors (Lipinski definition) is 2. The molecule has 0 atom stereocenters. The van der Waals surface area contributed by atoms with Crippen LogP contribution in [0.5, 0.6) is 5.88 Å². The van der Waals surface area contributed by atoms with Gasteiger partial charge in [-0.15, -0.1) is 0 Å². The molecule has 0 fully saturated rings. The zero-order chi connectivity index (χ0) is 17.7. The second kappa shape index (κ2) is 7.99. The second-order valence-electron chi connectivity index (χ2n) is 4.48. The summed E-state index contributed by atoms with van der Waals surface area (Å²) in [5.41, 5.74) is -0.192. The van der Waals surface area contributed by atoms with E-state index in [-0.39, 0.29) is 17.1 Å². The van der Waals surface area contributed by atoms with Crippen molar-refractivity contribution in [1.82, 2.24) is 4.98 Å². The van der Waals surface area contributed by atoms with Crippen molar-refractivity contribution in [2.24, 2.45) is 0 Å². The van der Waals surface area contributed by atoms with E-state index >= 15 is 0 Å². The Morgan fingerprint density at radius 2 is 2.08 bits per heavy atom. The Morgan fingerprint density at radius 1 is 1.42 bits per heavy atom. The van der Waals surface area contributed by atoms with Crippen LogP contribution >= 0.6 is 15.9 Å². The SMILES string of the molecule is O=C(Nc1ccc(Br)cc1)c1cc(N([O-])O)cnc1OCC(F)F. The molecule has 0 radical (unpaired) electrons. The normalized spacial score (nSPS) is 10.6. The topological polar surface area (TPSA) is 97.8 Å². The first-order valence-electron chi connectivity index (χ1n) is 6.51. The number of nitrogens with one attached hydrogen (secondary N) is 1. The van der Waals surface area contributed by atoms with Crippen molar-refractivity contribution in [3.8, 4) is 5.88 Å².